The highest BCUT2D eigenvalue weighted by Crippen LogP contribution is 2.42. The maximum atomic E-state index is 6.38. The monoisotopic (exact) mass is 714 g/mol. The number of rotatable bonds is 5. The highest BCUT2D eigenvalue weighted by atomic mass is 16.3. The predicted molar refractivity (Wildman–Crippen MR) is 231 cm³/mol. The summed E-state index contributed by atoms with van der Waals surface area (Å²) in [7, 11) is 0. The van der Waals surface area contributed by atoms with Crippen LogP contribution in [-0.4, -0.2) is 4.57 Å². The van der Waals surface area contributed by atoms with Crippen molar-refractivity contribution < 1.29 is 8.83 Å². The van der Waals surface area contributed by atoms with Crippen LogP contribution in [0.1, 0.15) is 0 Å². The van der Waals surface area contributed by atoms with Gasteiger partial charge in [-0.3, -0.25) is 0 Å². The molecule has 0 spiro atoms. The Morgan fingerprint density at radius 3 is 1.89 bits per heavy atom. The fraction of sp³-hybridized carbons (Fsp3) is 0. The van der Waals surface area contributed by atoms with Gasteiger partial charge in [-0.05, 0) is 89.6 Å². The van der Waals surface area contributed by atoms with Crippen molar-refractivity contribution in [3.05, 3.63) is 194 Å². The molecule has 12 rings (SSSR count). The van der Waals surface area contributed by atoms with Crippen LogP contribution < -0.4 is 4.90 Å². The summed E-state index contributed by atoms with van der Waals surface area (Å²) < 4.78 is 15.0. The van der Waals surface area contributed by atoms with E-state index in [1.807, 2.05) is 24.3 Å². The molecule has 0 radical (unpaired) electrons. The lowest BCUT2D eigenvalue weighted by molar-refractivity contribution is 0.668. The molecule has 0 unspecified atom stereocenters. The lowest BCUT2D eigenvalue weighted by Gasteiger charge is -2.24. The number of benzene rings is 8. The van der Waals surface area contributed by atoms with Crippen LogP contribution in [0.15, 0.2) is 191 Å². The normalized spacial score (nSPS) is 11.8. The largest absolute Gasteiger partial charge is 0.456 e. The van der Waals surface area contributed by atoms with Crippen molar-refractivity contribution >= 4 is 93.5 Å². The van der Waals surface area contributed by atoms with E-state index in [4.69, 9.17) is 8.83 Å². The summed E-state index contributed by atoms with van der Waals surface area (Å²) in [5.41, 5.74) is 11.7. The van der Waals surface area contributed by atoms with Gasteiger partial charge in [0.15, 0.2) is 0 Å². The standard InChI is InChI=1S/C52H30N2O2/c1-2-13-39-33(11-1)23-29-47-52(39)43-16-4-8-18-46(43)54(47)45-17-7-3-12-38(45)34-21-24-35(25-22-34)53(36-27-30-50-44(31-36)41-15-6-10-20-49(41)55-50)37-26-28-42-40-14-5-9-19-48(40)56-51(42)32-37/h1-21,23-24,26-32H. The molecule has 0 aliphatic carbocycles. The molecule has 0 bridgehead atoms. The summed E-state index contributed by atoms with van der Waals surface area (Å²) in [6, 6.07) is 71.1. The van der Waals surface area contributed by atoms with Crippen molar-refractivity contribution in [3.8, 4) is 16.8 Å². The summed E-state index contributed by atoms with van der Waals surface area (Å²) >= 11 is 0. The van der Waals surface area contributed by atoms with Crippen molar-refractivity contribution in [2.24, 2.45) is 0 Å². The molecular weight excluding hydrogens is 685 g/mol. The quantitative estimate of drug-likeness (QED) is 0.178. The van der Waals surface area contributed by atoms with Crippen LogP contribution >= 0.6 is 0 Å². The molecule has 4 heteroatoms. The zero-order valence-electron chi connectivity index (χ0n) is 30.0. The zero-order chi connectivity index (χ0) is 36.7. The Labute approximate surface area is 321 Å². The lowest BCUT2D eigenvalue weighted by Crippen LogP contribution is -2.09. The number of nitrogens with zero attached hydrogens (tertiary/aromatic N) is 2. The first-order valence-corrected chi connectivity index (χ1v) is 18.8. The van der Waals surface area contributed by atoms with E-state index >= 15 is 0 Å². The van der Waals surface area contributed by atoms with Crippen LogP contribution in [0.5, 0.6) is 0 Å². The Morgan fingerprint density at radius 2 is 1.05 bits per heavy atom. The lowest BCUT2D eigenvalue weighted by atomic mass is 10.0. The second-order valence-electron chi connectivity index (χ2n) is 14.3. The maximum Gasteiger partial charge on any atom is 0.137 e. The number of hydrogen-bond donors (Lipinski definition) is 0. The van der Waals surface area contributed by atoms with Gasteiger partial charge in [-0.25, -0.2) is 0 Å². The van der Waals surface area contributed by atoms with Gasteiger partial charge in [0.05, 0.1) is 28.1 Å². The first kappa shape index (κ1) is 30.7. The fourth-order valence-corrected chi connectivity index (χ4v) is 8.69. The second-order valence-corrected chi connectivity index (χ2v) is 14.3. The molecule has 3 aromatic heterocycles. The summed E-state index contributed by atoms with van der Waals surface area (Å²) in [6.45, 7) is 0. The highest BCUT2D eigenvalue weighted by molar-refractivity contribution is 6.21. The van der Waals surface area contributed by atoms with E-state index in [1.54, 1.807) is 0 Å². The molecule has 3 heterocycles. The molecule has 0 aliphatic heterocycles. The molecule has 4 nitrogen and oxygen atoms in total. The van der Waals surface area contributed by atoms with Crippen LogP contribution in [0, 0.1) is 12.1 Å². The van der Waals surface area contributed by atoms with Gasteiger partial charge in [0, 0.05) is 55.2 Å². The molecule has 9 aromatic carbocycles. The number of anilines is 3. The van der Waals surface area contributed by atoms with E-state index in [2.05, 4.69) is 179 Å². The van der Waals surface area contributed by atoms with E-state index in [9.17, 15) is 0 Å². The van der Waals surface area contributed by atoms with Crippen molar-refractivity contribution in [3.63, 3.8) is 0 Å². The molecular formula is C52H30N2O2. The van der Waals surface area contributed by atoms with Gasteiger partial charge in [-0.15, -0.1) is 0 Å². The van der Waals surface area contributed by atoms with Crippen LogP contribution in [0.3, 0.4) is 0 Å². The summed E-state index contributed by atoms with van der Waals surface area (Å²) in [6.07, 6.45) is 0. The third-order valence-electron chi connectivity index (χ3n) is 11.2. The van der Waals surface area contributed by atoms with Crippen LogP contribution in [0.4, 0.5) is 17.1 Å². The van der Waals surface area contributed by atoms with E-state index < -0.39 is 0 Å². The minimum absolute atomic E-state index is 0.831. The molecule has 12 aromatic rings. The van der Waals surface area contributed by atoms with E-state index in [0.29, 0.717) is 0 Å². The van der Waals surface area contributed by atoms with Crippen molar-refractivity contribution in [2.45, 2.75) is 0 Å². The van der Waals surface area contributed by atoms with E-state index in [-0.39, 0.29) is 0 Å². The zero-order valence-corrected chi connectivity index (χ0v) is 30.0. The van der Waals surface area contributed by atoms with Crippen LogP contribution in [-0.2, 0) is 0 Å². The molecule has 0 aliphatic rings. The molecule has 0 saturated carbocycles. The molecule has 0 amide bonds. The Kier molecular flexibility index (Phi) is 6.51. The summed E-state index contributed by atoms with van der Waals surface area (Å²) in [5, 5.41) is 9.31. The molecule has 0 saturated heterocycles. The predicted octanol–water partition coefficient (Wildman–Crippen LogP) is 14.5. The van der Waals surface area contributed by atoms with Crippen LogP contribution in [0.25, 0.3) is 93.3 Å². The molecule has 0 N–H and O–H groups in total. The molecule has 0 atom stereocenters. The van der Waals surface area contributed by atoms with E-state index in [0.717, 1.165) is 77.8 Å². The molecule has 56 heavy (non-hydrogen) atoms. The van der Waals surface area contributed by atoms with Gasteiger partial charge >= 0.3 is 0 Å². The van der Waals surface area contributed by atoms with Gasteiger partial charge in [0.25, 0.3) is 0 Å². The molecule has 0 fully saturated rings. The van der Waals surface area contributed by atoms with Gasteiger partial charge in [0.2, 0.25) is 0 Å². The van der Waals surface area contributed by atoms with Crippen LogP contribution in [0.2, 0.25) is 0 Å². The average molecular weight is 715 g/mol. The summed E-state index contributed by atoms with van der Waals surface area (Å²) in [4.78, 5) is 2.22. The number of fused-ring (bicyclic) bond motifs is 11. The Hall–Kier alpha value is -7.74. The fourth-order valence-electron chi connectivity index (χ4n) is 8.69. The first-order chi connectivity index (χ1) is 27.8. The Morgan fingerprint density at radius 1 is 0.411 bits per heavy atom. The van der Waals surface area contributed by atoms with Crippen molar-refractivity contribution in [2.75, 3.05) is 4.90 Å². The molecule has 260 valence electrons. The van der Waals surface area contributed by atoms with Gasteiger partial charge in [-0.2, -0.15) is 0 Å². The van der Waals surface area contributed by atoms with Gasteiger partial charge in [-0.1, -0.05) is 109 Å². The minimum atomic E-state index is 0.831. The Bertz CT molecular complexity index is 3490. The van der Waals surface area contributed by atoms with Crippen molar-refractivity contribution in [1.29, 1.82) is 0 Å². The maximum absolute atomic E-state index is 6.38. The number of hydrogen-bond acceptors (Lipinski definition) is 3. The highest BCUT2D eigenvalue weighted by Gasteiger charge is 2.20. The van der Waals surface area contributed by atoms with Crippen molar-refractivity contribution in [1.82, 2.24) is 4.57 Å². The Balaban J connectivity index is 1.03. The van der Waals surface area contributed by atoms with E-state index in [1.165, 1.54) is 32.6 Å². The SMILES string of the molecule is c1c(-c2ccccc2-n2c3ccccc3c3c4ccccc4ccc32)ccc(N(c2ccc3c(c2)oc2ccccc23)c2ccc3oc4ccccc4c3c2)c#1. The number of para-hydroxylation sites is 4. The summed E-state index contributed by atoms with van der Waals surface area (Å²) in [5.74, 6) is 0. The smallest absolute Gasteiger partial charge is 0.137 e. The van der Waals surface area contributed by atoms with Gasteiger partial charge < -0.3 is 18.3 Å². The second kappa shape index (κ2) is 11.9. The first-order valence-electron chi connectivity index (χ1n) is 18.8. The minimum Gasteiger partial charge on any atom is -0.456 e. The third kappa shape index (κ3) is 4.55. The topological polar surface area (TPSA) is 34.5 Å². The average Bonchev–Trinajstić information content (AvgIpc) is 3.93. The third-order valence-corrected chi connectivity index (χ3v) is 11.2. The number of furan rings is 2. The number of aromatic nitrogens is 1. The van der Waals surface area contributed by atoms with Gasteiger partial charge in [0.1, 0.15) is 22.3 Å².